The SMILES string of the molecule is C[C@@H](NC(=O)c1ccccc1Cl)C(=O)O. The van der Waals surface area contributed by atoms with Crippen LogP contribution in [0.5, 0.6) is 0 Å². The van der Waals surface area contributed by atoms with Gasteiger partial charge in [0.15, 0.2) is 0 Å². The smallest absolute Gasteiger partial charge is 0.325 e. The van der Waals surface area contributed by atoms with E-state index in [1.165, 1.54) is 13.0 Å². The molecule has 0 saturated carbocycles. The van der Waals surface area contributed by atoms with Gasteiger partial charge in [-0.15, -0.1) is 0 Å². The molecule has 1 atom stereocenters. The van der Waals surface area contributed by atoms with Gasteiger partial charge < -0.3 is 10.4 Å². The molecular weight excluding hydrogens is 218 g/mol. The highest BCUT2D eigenvalue weighted by atomic mass is 35.5. The fraction of sp³-hybridized carbons (Fsp3) is 0.200. The first kappa shape index (κ1) is 11.5. The van der Waals surface area contributed by atoms with Gasteiger partial charge in [-0.25, -0.2) is 0 Å². The van der Waals surface area contributed by atoms with E-state index in [0.29, 0.717) is 5.02 Å². The minimum atomic E-state index is -1.09. The molecule has 1 aromatic carbocycles. The van der Waals surface area contributed by atoms with Gasteiger partial charge in [0.1, 0.15) is 6.04 Å². The number of amides is 1. The Morgan fingerprint density at radius 1 is 1.40 bits per heavy atom. The number of halogens is 1. The fourth-order valence-corrected chi connectivity index (χ4v) is 1.20. The number of carbonyl (C=O) groups excluding carboxylic acids is 1. The number of carboxylic acid groups (broad SMARTS) is 1. The highest BCUT2D eigenvalue weighted by Crippen LogP contribution is 2.14. The second-order valence-electron chi connectivity index (χ2n) is 3.01. The Labute approximate surface area is 91.9 Å². The molecule has 1 rings (SSSR count). The molecule has 2 N–H and O–H groups in total. The van der Waals surface area contributed by atoms with Crippen molar-refractivity contribution < 1.29 is 14.7 Å². The summed E-state index contributed by atoms with van der Waals surface area (Å²) >= 11 is 5.77. The first-order chi connectivity index (χ1) is 7.02. The quantitative estimate of drug-likeness (QED) is 0.823. The van der Waals surface area contributed by atoms with Crippen molar-refractivity contribution in [2.24, 2.45) is 0 Å². The largest absolute Gasteiger partial charge is 0.480 e. The van der Waals surface area contributed by atoms with Crippen LogP contribution in [0.1, 0.15) is 17.3 Å². The first-order valence-electron chi connectivity index (χ1n) is 4.30. The van der Waals surface area contributed by atoms with Gasteiger partial charge in [0.25, 0.3) is 5.91 Å². The number of carbonyl (C=O) groups is 2. The third-order valence-electron chi connectivity index (χ3n) is 1.84. The topological polar surface area (TPSA) is 66.4 Å². The Morgan fingerprint density at radius 2 is 2.00 bits per heavy atom. The summed E-state index contributed by atoms with van der Waals surface area (Å²) in [4.78, 5) is 22.0. The van der Waals surface area contributed by atoms with E-state index in [1.807, 2.05) is 0 Å². The van der Waals surface area contributed by atoms with Crippen LogP contribution < -0.4 is 5.32 Å². The fourth-order valence-electron chi connectivity index (χ4n) is 0.981. The molecule has 0 spiro atoms. The zero-order valence-corrected chi connectivity index (χ0v) is 8.78. The van der Waals surface area contributed by atoms with E-state index in [4.69, 9.17) is 16.7 Å². The molecule has 0 saturated heterocycles. The molecule has 4 nitrogen and oxygen atoms in total. The van der Waals surface area contributed by atoms with Gasteiger partial charge in [-0.2, -0.15) is 0 Å². The molecule has 0 bridgehead atoms. The van der Waals surface area contributed by atoms with Crippen molar-refractivity contribution in [2.45, 2.75) is 13.0 Å². The molecule has 0 radical (unpaired) electrons. The zero-order valence-electron chi connectivity index (χ0n) is 8.03. The van der Waals surface area contributed by atoms with Gasteiger partial charge in [0.05, 0.1) is 10.6 Å². The summed E-state index contributed by atoms with van der Waals surface area (Å²) in [6, 6.07) is 5.52. The van der Waals surface area contributed by atoms with Crippen LogP contribution in [0.2, 0.25) is 5.02 Å². The lowest BCUT2D eigenvalue weighted by Crippen LogP contribution is -2.38. The Hall–Kier alpha value is -1.55. The van der Waals surface area contributed by atoms with Crippen LogP contribution in [0.4, 0.5) is 0 Å². The number of carboxylic acids is 1. The Kier molecular flexibility index (Phi) is 3.68. The molecule has 80 valence electrons. The number of hydrogen-bond acceptors (Lipinski definition) is 2. The molecule has 0 fully saturated rings. The highest BCUT2D eigenvalue weighted by molar-refractivity contribution is 6.33. The van der Waals surface area contributed by atoms with Gasteiger partial charge in [0, 0.05) is 0 Å². The summed E-state index contributed by atoms with van der Waals surface area (Å²) < 4.78 is 0. The minimum Gasteiger partial charge on any atom is -0.480 e. The molecule has 1 amide bonds. The van der Waals surface area contributed by atoms with Gasteiger partial charge in [-0.05, 0) is 19.1 Å². The van der Waals surface area contributed by atoms with E-state index in [-0.39, 0.29) is 5.56 Å². The Bertz CT molecular complexity index is 392. The summed E-state index contributed by atoms with van der Waals surface area (Å²) in [6.07, 6.45) is 0. The standard InChI is InChI=1S/C10H10ClNO3/c1-6(10(14)15)12-9(13)7-4-2-3-5-8(7)11/h2-6H,1H3,(H,12,13)(H,14,15)/t6-/m1/s1. The van der Waals surface area contributed by atoms with E-state index < -0.39 is 17.9 Å². The monoisotopic (exact) mass is 227 g/mol. The molecule has 0 unspecified atom stereocenters. The van der Waals surface area contributed by atoms with Crippen LogP contribution >= 0.6 is 11.6 Å². The van der Waals surface area contributed by atoms with Crippen molar-refractivity contribution in [2.75, 3.05) is 0 Å². The van der Waals surface area contributed by atoms with Crippen LogP contribution in [0.3, 0.4) is 0 Å². The van der Waals surface area contributed by atoms with Gasteiger partial charge in [0.2, 0.25) is 0 Å². The second kappa shape index (κ2) is 4.79. The molecule has 5 heteroatoms. The third kappa shape index (κ3) is 2.95. The molecule has 0 aliphatic rings. The van der Waals surface area contributed by atoms with E-state index in [9.17, 15) is 9.59 Å². The van der Waals surface area contributed by atoms with Crippen LogP contribution in [-0.4, -0.2) is 23.0 Å². The van der Waals surface area contributed by atoms with Crippen molar-refractivity contribution in [3.8, 4) is 0 Å². The summed E-state index contributed by atoms with van der Waals surface area (Å²) in [5.74, 6) is -1.58. The highest BCUT2D eigenvalue weighted by Gasteiger charge is 2.16. The lowest BCUT2D eigenvalue weighted by molar-refractivity contribution is -0.138. The van der Waals surface area contributed by atoms with Crippen molar-refractivity contribution in [1.29, 1.82) is 0 Å². The van der Waals surface area contributed by atoms with E-state index in [2.05, 4.69) is 5.32 Å². The van der Waals surface area contributed by atoms with Crippen LogP contribution in [0.15, 0.2) is 24.3 Å². The zero-order chi connectivity index (χ0) is 11.4. The summed E-state index contributed by atoms with van der Waals surface area (Å²) in [5, 5.41) is 11.2. The average Bonchev–Trinajstić information content (AvgIpc) is 2.18. The van der Waals surface area contributed by atoms with Gasteiger partial charge in [-0.1, -0.05) is 23.7 Å². The minimum absolute atomic E-state index is 0.271. The molecule has 1 aromatic rings. The van der Waals surface area contributed by atoms with Gasteiger partial charge >= 0.3 is 5.97 Å². The Balaban J connectivity index is 2.78. The van der Waals surface area contributed by atoms with Crippen LogP contribution in [-0.2, 0) is 4.79 Å². The molecule has 0 aromatic heterocycles. The maximum Gasteiger partial charge on any atom is 0.325 e. The third-order valence-corrected chi connectivity index (χ3v) is 2.17. The lowest BCUT2D eigenvalue weighted by Gasteiger charge is -2.09. The molecule has 0 heterocycles. The number of benzene rings is 1. The van der Waals surface area contributed by atoms with Crippen LogP contribution in [0, 0.1) is 0 Å². The summed E-state index contributed by atoms with van der Waals surface area (Å²) in [6.45, 7) is 1.39. The van der Waals surface area contributed by atoms with Gasteiger partial charge in [-0.3, -0.25) is 9.59 Å². The predicted octanol–water partition coefficient (Wildman–Crippen LogP) is 1.54. The number of aliphatic carboxylic acids is 1. The summed E-state index contributed by atoms with van der Waals surface area (Å²) in [7, 11) is 0. The van der Waals surface area contributed by atoms with E-state index >= 15 is 0 Å². The Morgan fingerprint density at radius 3 is 2.53 bits per heavy atom. The van der Waals surface area contributed by atoms with Crippen molar-refractivity contribution in [3.63, 3.8) is 0 Å². The average molecular weight is 228 g/mol. The predicted molar refractivity (Wildman–Crippen MR) is 56.0 cm³/mol. The molecule has 0 aliphatic heterocycles. The number of rotatable bonds is 3. The molecule has 0 aliphatic carbocycles. The van der Waals surface area contributed by atoms with E-state index in [0.717, 1.165) is 0 Å². The normalized spacial score (nSPS) is 11.9. The lowest BCUT2D eigenvalue weighted by atomic mass is 10.2. The first-order valence-corrected chi connectivity index (χ1v) is 4.68. The molecular formula is C10H10ClNO3. The van der Waals surface area contributed by atoms with Crippen molar-refractivity contribution in [1.82, 2.24) is 5.32 Å². The maximum atomic E-state index is 11.5. The van der Waals surface area contributed by atoms with Crippen molar-refractivity contribution in [3.05, 3.63) is 34.9 Å². The second-order valence-corrected chi connectivity index (χ2v) is 3.42. The number of nitrogens with one attached hydrogen (secondary N) is 1. The molecule has 15 heavy (non-hydrogen) atoms. The van der Waals surface area contributed by atoms with Crippen LogP contribution in [0.25, 0.3) is 0 Å². The van der Waals surface area contributed by atoms with Crippen molar-refractivity contribution >= 4 is 23.5 Å². The van der Waals surface area contributed by atoms with E-state index in [1.54, 1.807) is 18.2 Å². The maximum absolute atomic E-state index is 11.5. The number of hydrogen-bond donors (Lipinski definition) is 2. The summed E-state index contributed by atoms with van der Waals surface area (Å²) in [5.41, 5.74) is 0.271.